The zero-order valence-electron chi connectivity index (χ0n) is 32.1. The fourth-order valence-electron chi connectivity index (χ4n) is 8.31. The topological polar surface area (TPSA) is 44.8 Å². The molecule has 4 fully saturated rings. The highest BCUT2D eigenvalue weighted by atomic mass is 28.4. The molecule has 4 saturated carbocycles. The van der Waals surface area contributed by atoms with Gasteiger partial charge in [0.15, 0.2) is 8.32 Å². The van der Waals surface area contributed by atoms with Crippen molar-refractivity contribution in [3.8, 4) is 5.75 Å². The summed E-state index contributed by atoms with van der Waals surface area (Å²) in [5.41, 5.74) is 5.94. The van der Waals surface area contributed by atoms with Gasteiger partial charge in [-0.3, -0.25) is 0 Å². The standard InChI is InChI=1S/C42H64O4Si2/c1-12-44-39(43)35-17-14-16-34(25-35)36(29-45-47(8,9)40(2,3)4)18-13-15-30-19-20-38(46-48(10,11)41(5,6)7)37(24-30)42-26-31-21-32(27-42)23-33(22-31)28-42/h14,16-20,24-25,31-33H,12-13,15,21-23,26-29H2,1-11H3. The average molecular weight is 689 g/mol. The van der Waals surface area contributed by atoms with Gasteiger partial charge in [0, 0.05) is 0 Å². The Bertz CT molecular complexity index is 1450. The molecule has 0 spiro atoms. The predicted molar refractivity (Wildman–Crippen MR) is 206 cm³/mol. The monoisotopic (exact) mass is 688 g/mol. The summed E-state index contributed by atoms with van der Waals surface area (Å²) in [6.07, 6.45) is 12.6. The molecule has 0 N–H and O–H groups in total. The summed E-state index contributed by atoms with van der Waals surface area (Å²) < 4.78 is 19.2. The summed E-state index contributed by atoms with van der Waals surface area (Å²) in [5, 5.41) is 0.273. The van der Waals surface area contributed by atoms with E-state index in [2.05, 4.69) is 98.1 Å². The largest absolute Gasteiger partial charge is 0.543 e. The third kappa shape index (κ3) is 8.07. The van der Waals surface area contributed by atoms with Crippen LogP contribution in [0.1, 0.15) is 120 Å². The van der Waals surface area contributed by atoms with Gasteiger partial charge < -0.3 is 13.6 Å². The van der Waals surface area contributed by atoms with Gasteiger partial charge in [0.05, 0.1) is 18.8 Å². The molecule has 4 nitrogen and oxygen atoms in total. The van der Waals surface area contributed by atoms with Crippen LogP contribution in [0.3, 0.4) is 0 Å². The molecule has 0 radical (unpaired) electrons. The lowest BCUT2D eigenvalue weighted by atomic mass is 9.48. The minimum atomic E-state index is -2.00. The number of benzene rings is 2. The Morgan fingerprint density at radius 3 is 1.98 bits per heavy atom. The van der Waals surface area contributed by atoms with Gasteiger partial charge in [-0.1, -0.05) is 71.9 Å². The van der Waals surface area contributed by atoms with Crippen molar-refractivity contribution in [3.63, 3.8) is 0 Å². The van der Waals surface area contributed by atoms with Crippen LogP contribution in [0.25, 0.3) is 5.57 Å². The van der Waals surface area contributed by atoms with Crippen LogP contribution in [0.15, 0.2) is 48.5 Å². The van der Waals surface area contributed by atoms with Gasteiger partial charge >= 0.3 is 5.97 Å². The van der Waals surface area contributed by atoms with Crippen molar-refractivity contribution in [2.45, 2.75) is 142 Å². The molecule has 6 heteroatoms. The van der Waals surface area contributed by atoms with E-state index in [1.165, 1.54) is 55.4 Å². The zero-order valence-corrected chi connectivity index (χ0v) is 34.1. The molecule has 0 amide bonds. The molecule has 0 aromatic heterocycles. The van der Waals surface area contributed by atoms with Gasteiger partial charge in [-0.25, -0.2) is 4.79 Å². The normalized spacial score (nSPS) is 24.6. The van der Waals surface area contributed by atoms with Crippen molar-refractivity contribution in [3.05, 3.63) is 70.8 Å². The van der Waals surface area contributed by atoms with E-state index in [0.717, 1.165) is 41.7 Å². The van der Waals surface area contributed by atoms with Crippen molar-refractivity contribution in [2.24, 2.45) is 17.8 Å². The maximum atomic E-state index is 12.6. The minimum absolute atomic E-state index is 0.118. The molecule has 0 atom stereocenters. The first kappa shape index (κ1) is 37.1. The van der Waals surface area contributed by atoms with Crippen LogP contribution in [0.2, 0.25) is 36.3 Å². The molecule has 0 unspecified atom stereocenters. The number of carbonyl (C=O) groups excluding carboxylic acids is 1. The van der Waals surface area contributed by atoms with Gasteiger partial charge in [0.25, 0.3) is 0 Å². The summed E-state index contributed by atoms with van der Waals surface area (Å²) in [6, 6.07) is 15.1. The van der Waals surface area contributed by atoms with E-state index >= 15 is 0 Å². The molecule has 2 aromatic rings. The van der Waals surface area contributed by atoms with Crippen molar-refractivity contribution in [1.29, 1.82) is 0 Å². The number of carbonyl (C=O) groups is 1. The van der Waals surface area contributed by atoms with E-state index in [1.807, 2.05) is 25.1 Å². The Labute approximate surface area is 294 Å². The SMILES string of the molecule is CCOC(=O)c1cccc(C(=CCCc2ccc(O[Si](C)(C)C(C)(C)C)c(C34CC5CC(CC(C5)C3)C4)c2)CO[Si](C)(C)C(C)(C)C)c1. The minimum Gasteiger partial charge on any atom is -0.543 e. The number of hydrogen-bond acceptors (Lipinski definition) is 4. The molecule has 4 aliphatic carbocycles. The number of esters is 1. The van der Waals surface area contributed by atoms with Crippen LogP contribution >= 0.6 is 0 Å². The lowest BCUT2D eigenvalue weighted by Gasteiger charge is -2.57. The Balaban J connectivity index is 1.45. The van der Waals surface area contributed by atoms with Gasteiger partial charge in [-0.2, -0.15) is 0 Å². The third-order valence-corrected chi connectivity index (χ3v) is 21.6. The fraction of sp³-hybridized carbons (Fsp3) is 0.643. The second kappa shape index (κ2) is 13.9. The first-order chi connectivity index (χ1) is 22.3. The molecule has 0 saturated heterocycles. The average Bonchev–Trinajstić information content (AvgIpc) is 2.97. The Hall–Kier alpha value is -2.16. The van der Waals surface area contributed by atoms with Crippen LogP contribution in [-0.4, -0.2) is 35.8 Å². The molecule has 2 aromatic carbocycles. The number of aryl methyl sites for hydroxylation is 1. The maximum Gasteiger partial charge on any atom is 0.338 e. The van der Waals surface area contributed by atoms with E-state index in [0.29, 0.717) is 18.8 Å². The van der Waals surface area contributed by atoms with Crippen molar-refractivity contribution >= 4 is 28.2 Å². The molecular formula is C42H64O4Si2. The molecule has 48 heavy (non-hydrogen) atoms. The second-order valence-electron chi connectivity index (χ2n) is 18.5. The lowest BCUT2D eigenvalue weighted by molar-refractivity contribution is -0.00590. The van der Waals surface area contributed by atoms with E-state index in [4.69, 9.17) is 13.6 Å². The molecule has 4 bridgehead atoms. The zero-order chi connectivity index (χ0) is 35.1. The van der Waals surface area contributed by atoms with Crippen molar-refractivity contribution < 1.29 is 18.4 Å². The molecular weight excluding hydrogens is 625 g/mol. The number of rotatable bonds is 12. The third-order valence-electron chi connectivity index (χ3n) is 12.8. The van der Waals surface area contributed by atoms with Crippen LogP contribution < -0.4 is 4.43 Å². The van der Waals surface area contributed by atoms with Crippen LogP contribution in [0.4, 0.5) is 0 Å². The highest BCUT2D eigenvalue weighted by molar-refractivity contribution is 6.75. The van der Waals surface area contributed by atoms with E-state index in [1.54, 1.807) is 0 Å². The molecule has 4 aliphatic rings. The summed E-state index contributed by atoms with van der Waals surface area (Å²) in [5.74, 6) is 3.55. The predicted octanol–water partition coefficient (Wildman–Crippen LogP) is 11.8. The molecule has 0 heterocycles. The lowest BCUT2D eigenvalue weighted by Crippen LogP contribution is -2.49. The Morgan fingerprint density at radius 1 is 0.833 bits per heavy atom. The Kier molecular flexibility index (Phi) is 10.7. The van der Waals surface area contributed by atoms with Gasteiger partial charge in [-0.15, -0.1) is 0 Å². The smallest absolute Gasteiger partial charge is 0.338 e. The highest BCUT2D eigenvalue weighted by Gasteiger charge is 2.53. The summed E-state index contributed by atoms with van der Waals surface area (Å²) in [7, 11) is -3.97. The Morgan fingerprint density at radius 2 is 1.42 bits per heavy atom. The first-order valence-corrected chi connectivity index (χ1v) is 24.6. The number of ether oxygens (including phenoxy) is 1. The quantitative estimate of drug-likeness (QED) is 0.164. The van der Waals surface area contributed by atoms with Gasteiger partial charge in [-0.05, 0) is 158 Å². The summed E-state index contributed by atoms with van der Waals surface area (Å²) in [4.78, 5) is 12.6. The first-order valence-electron chi connectivity index (χ1n) is 18.8. The second-order valence-corrected chi connectivity index (χ2v) is 28.0. The van der Waals surface area contributed by atoms with Crippen LogP contribution in [0.5, 0.6) is 5.75 Å². The summed E-state index contributed by atoms with van der Waals surface area (Å²) in [6.45, 7) is 26.0. The fourth-order valence-corrected chi connectivity index (χ4v) is 10.3. The van der Waals surface area contributed by atoms with E-state index in [9.17, 15) is 4.79 Å². The molecule has 6 rings (SSSR count). The van der Waals surface area contributed by atoms with E-state index in [-0.39, 0.29) is 21.5 Å². The van der Waals surface area contributed by atoms with Crippen LogP contribution in [0, 0.1) is 17.8 Å². The van der Waals surface area contributed by atoms with Crippen molar-refractivity contribution in [2.75, 3.05) is 13.2 Å². The van der Waals surface area contributed by atoms with Crippen LogP contribution in [-0.2, 0) is 21.0 Å². The van der Waals surface area contributed by atoms with Crippen molar-refractivity contribution in [1.82, 2.24) is 0 Å². The maximum absolute atomic E-state index is 12.6. The summed E-state index contributed by atoms with van der Waals surface area (Å²) >= 11 is 0. The van der Waals surface area contributed by atoms with Gasteiger partial charge in [0.1, 0.15) is 5.75 Å². The molecule has 0 aliphatic heterocycles. The number of allylic oxidation sites excluding steroid dienone is 1. The van der Waals surface area contributed by atoms with E-state index < -0.39 is 16.6 Å². The number of hydrogen-bond donors (Lipinski definition) is 0. The highest BCUT2D eigenvalue weighted by Crippen LogP contribution is 2.62. The van der Waals surface area contributed by atoms with Gasteiger partial charge in [0.2, 0.25) is 8.32 Å². The molecule has 264 valence electrons.